The molecule has 0 fully saturated rings. The van der Waals surface area contributed by atoms with E-state index >= 15 is 0 Å². The molecule has 0 aliphatic rings. The van der Waals surface area contributed by atoms with Crippen LogP contribution in [-0.4, -0.2) is 11.4 Å². The lowest BCUT2D eigenvalue weighted by Gasteiger charge is -2.09. The van der Waals surface area contributed by atoms with Gasteiger partial charge in [0.15, 0.2) is 0 Å². The molecule has 0 heterocycles. The van der Waals surface area contributed by atoms with Crippen molar-refractivity contribution in [1.82, 2.24) is 0 Å². The second-order valence-corrected chi connectivity index (χ2v) is 5.34. The third-order valence-corrected chi connectivity index (χ3v) is 3.46. The summed E-state index contributed by atoms with van der Waals surface area (Å²) in [4.78, 5) is 0.659. The number of para-hydroxylation sites is 1. The predicted molar refractivity (Wildman–Crippen MR) is 73.4 cm³/mol. The monoisotopic (exact) mass is 284 g/mol. The Balaban J connectivity index is 2.03. The SMILES string of the molecule is CCCCC(Br)CCCOc1ccccc1. The summed E-state index contributed by atoms with van der Waals surface area (Å²) in [5, 5.41) is 0. The number of hydrogen-bond acceptors (Lipinski definition) is 1. The van der Waals surface area contributed by atoms with Crippen LogP contribution >= 0.6 is 15.9 Å². The van der Waals surface area contributed by atoms with E-state index in [1.54, 1.807) is 0 Å². The first-order valence-electron chi connectivity index (χ1n) is 6.15. The summed E-state index contributed by atoms with van der Waals surface area (Å²) in [5.74, 6) is 0.974. The van der Waals surface area contributed by atoms with Crippen molar-refractivity contribution in [3.05, 3.63) is 30.3 Å². The first kappa shape index (κ1) is 13.6. The highest BCUT2D eigenvalue weighted by Crippen LogP contribution is 2.16. The molecule has 0 N–H and O–H groups in total. The van der Waals surface area contributed by atoms with Gasteiger partial charge in [-0.3, -0.25) is 0 Å². The van der Waals surface area contributed by atoms with Gasteiger partial charge < -0.3 is 4.74 Å². The second kappa shape index (κ2) is 8.63. The van der Waals surface area contributed by atoms with E-state index in [0.29, 0.717) is 4.83 Å². The largest absolute Gasteiger partial charge is 0.494 e. The molecular formula is C14H21BrO. The van der Waals surface area contributed by atoms with Gasteiger partial charge in [0.2, 0.25) is 0 Å². The van der Waals surface area contributed by atoms with Crippen molar-refractivity contribution in [3.63, 3.8) is 0 Å². The van der Waals surface area contributed by atoms with Crippen LogP contribution in [0.2, 0.25) is 0 Å². The van der Waals surface area contributed by atoms with E-state index in [1.165, 1.54) is 25.7 Å². The molecule has 0 aliphatic carbocycles. The number of benzene rings is 1. The molecule has 1 atom stereocenters. The number of rotatable bonds is 8. The van der Waals surface area contributed by atoms with Crippen LogP contribution in [-0.2, 0) is 0 Å². The standard InChI is InChI=1S/C14H21BrO/c1-2-3-8-13(15)9-7-12-16-14-10-5-4-6-11-14/h4-6,10-11,13H,2-3,7-9,12H2,1H3. The Labute approximate surface area is 107 Å². The fourth-order valence-corrected chi connectivity index (χ4v) is 2.23. The summed E-state index contributed by atoms with van der Waals surface area (Å²) in [6.45, 7) is 3.05. The Bertz CT molecular complexity index is 261. The minimum Gasteiger partial charge on any atom is -0.494 e. The molecule has 0 saturated heterocycles. The third kappa shape index (κ3) is 6.16. The molecule has 0 aliphatic heterocycles. The van der Waals surface area contributed by atoms with E-state index in [2.05, 4.69) is 22.9 Å². The number of alkyl halides is 1. The molecule has 90 valence electrons. The zero-order valence-electron chi connectivity index (χ0n) is 9.99. The zero-order valence-corrected chi connectivity index (χ0v) is 11.6. The van der Waals surface area contributed by atoms with Gasteiger partial charge in [0, 0.05) is 4.83 Å². The van der Waals surface area contributed by atoms with Crippen molar-refractivity contribution in [2.75, 3.05) is 6.61 Å². The summed E-state index contributed by atoms with van der Waals surface area (Å²) < 4.78 is 5.64. The molecule has 1 nitrogen and oxygen atoms in total. The molecule has 0 radical (unpaired) electrons. The van der Waals surface area contributed by atoms with Crippen LogP contribution in [0.4, 0.5) is 0 Å². The van der Waals surface area contributed by atoms with Crippen molar-refractivity contribution in [2.24, 2.45) is 0 Å². The molecule has 0 spiro atoms. The Hall–Kier alpha value is -0.500. The lowest BCUT2D eigenvalue weighted by Crippen LogP contribution is -2.03. The van der Waals surface area contributed by atoms with Crippen LogP contribution in [0.5, 0.6) is 5.75 Å². The van der Waals surface area contributed by atoms with Crippen molar-refractivity contribution in [3.8, 4) is 5.75 Å². The Morgan fingerprint density at radius 3 is 2.50 bits per heavy atom. The lowest BCUT2D eigenvalue weighted by molar-refractivity contribution is 0.305. The third-order valence-electron chi connectivity index (χ3n) is 2.54. The molecule has 0 saturated carbocycles. The topological polar surface area (TPSA) is 9.23 Å². The molecule has 1 unspecified atom stereocenters. The van der Waals surface area contributed by atoms with Gasteiger partial charge in [-0.1, -0.05) is 53.9 Å². The van der Waals surface area contributed by atoms with Crippen LogP contribution in [0.1, 0.15) is 39.0 Å². The van der Waals surface area contributed by atoms with E-state index in [0.717, 1.165) is 18.8 Å². The van der Waals surface area contributed by atoms with Crippen LogP contribution in [0, 0.1) is 0 Å². The first-order valence-corrected chi connectivity index (χ1v) is 7.06. The highest BCUT2D eigenvalue weighted by molar-refractivity contribution is 9.09. The fraction of sp³-hybridized carbons (Fsp3) is 0.571. The quantitative estimate of drug-likeness (QED) is 0.492. The molecule has 0 bridgehead atoms. The molecule has 0 amide bonds. The van der Waals surface area contributed by atoms with E-state index < -0.39 is 0 Å². The highest BCUT2D eigenvalue weighted by Gasteiger charge is 2.02. The summed E-state index contributed by atoms with van der Waals surface area (Å²) in [7, 11) is 0. The maximum Gasteiger partial charge on any atom is 0.119 e. The van der Waals surface area contributed by atoms with Gasteiger partial charge in [-0.15, -0.1) is 0 Å². The van der Waals surface area contributed by atoms with Crippen LogP contribution < -0.4 is 4.74 Å². The molecule has 1 aromatic rings. The Kier molecular flexibility index (Phi) is 7.32. The molecule has 1 aromatic carbocycles. The zero-order chi connectivity index (χ0) is 11.6. The smallest absolute Gasteiger partial charge is 0.119 e. The van der Waals surface area contributed by atoms with Gasteiger partial charge in [-0.2, -0.15) is 0 Å². The summed E-state index contributed by atoms with van der Waals surface area (Å²) in [6.07, 6.45) is 6.20. The van der Waals surface area contributed by atoms with Crippen molar-refractivity contribution in [1.29, 1.82) is 0 Å². The average Bonchev–Trinajstić information content (AvgIpc) is 2.33. The van der Waals surface area contributed by atoms with E-state index in [-0.39, 0.29) is 0 Å². The normalized spacial score (nSPS) is 12.4. The van der Waals surface area contributed by atoms with E-state index in [4.69, 9.17) is 4.74 Å². The van der Waals surface area contributed by atoms with Gasteiger partial charge in [-0.25, -0.2) is 0 Å². The van der Waals surface area contributed by atoms with Crippen molar-refractivity contribution in [2.45, 2.75) is 43.9 Å². The minimum absolute atomic E-state index is 0.659. The summed E-state index contributed by atoms with van der Waals surface area (Å²) >= 11 is 3.71. The number of halogens is 1. The van der Waals surface area contributed by atoms with Crippen LogP contribution in [0.3, 0.4) is 0 Å². The van der Waals surface area contributed by atoms with E-state index in [1.807, 2.05) is 30.3 Å². The number of hydrogen-bond donors (Lipinski definition) is 0. The molecule has 1 rings (SSSR count). The number of unbranched alkanes of at least 4 members (excludes halogenated alkanes) is 1. The van der Waals surface area contributed by atoms with Gasteiger partial charge >= 0.3 is 0 Å². The average molecular weight is 285 g/mol. The molecular weight excluding hydrogens is 264 g/mol. The van der Waals surface area contributed by atoms with Crippen LogP contribution in [0.25, 0.3) is 0 Å². The van der Waals surface area contributed by atoms with Crippen molar-refractivity contribution < 1.29 is 4.74 Å². The first-order chi connectivity index (χ1) is 7.83. The molecule has 2 heteroatoms. The maximum atomic E-state index is 5.64. The summed E-state index contributed by atoms with van der Waals surface area (Å²) in [5.41, 5.74) is 0. The fourth-order valence-electron chi connectivity index (χ4n) is 1.58. The maximum absolute atomic E-state index is 5.64. The minimum atomic E-state index is 0.659. The summed E-state index contributed by atoms with van der Waals surface area (Å²) in [6, 6.07) is 10.0. The second-order valence-electron chi connectivity index (χ2n) is 4.04. The van der Waals surface area contributed by atoms with E-state index in [9.17, 15) is 0 Å². The highest BCUT2D eigenvalue weighted by atomic mass is 79.9. The lowest BCUT2D eigenvalue weighted by atomic mass is 10.1. The molecule has 16 heavy (non-hydrogen) atoms. The number of ether oxygens (including phenoxy) is 1. The predicted octanol–water partition coefficient (Wildman–Crippen LogP) is 4.80. The van der Waals surface area contributed by atoms with Gasteiger partial charge in [-0.05, 0) is 31.4 Å². The van der Waals surface area contributed by atoms with Gasteiger partial charge in [0.25, 0.3) is 0 Å². The molecule has 0 aromatic heterocycles. The Morgan fingerprint density at radius 1 is 1.12 bits per heavy atom. The van der Waals surface area contributed by atoms with Gasteiger partial charge in [0.05, 0.1) is 6.61 Å². The van der Waals surface area contributed by atoms with Gasteiger partial charge in [0.1, 0.15) is 5.75 Å². The Morgan fingerprint density at radius 2 is 1.81 bits per heavy atom. The van der Waals surface area contributed by atoms with Crippen LogP contribution in [0.15, 0.2) is 30.3 Å². The van der Waals surface area contributed by atoms with Crippen molar-refractivity contribution >= 4 is 15.9 Å².